The Morgan fingerprint density at radius 1 is 0.577 bits per heavy atom. The molecule has 0 aliphatic carbocycles. The molecule has 274 valence electrons. The molecule has 0 radical (unpaired) electrons. The van der Waals surface area contributed by atoms with Crippen LogP contribution < -0.4 is 30.1 Å². The Bertz CT molecular complexity index is 2500. The quantitative estimate of drug-likeness (QED) is 0.120. The van der Waals surface area contributed by atoms with E-state index in [-0.39, 0.29) is 11.1 Å². The highest BCUT2D eigenvalue weighted by molar-refractivity contribution is 8.31. The van der Waals surface area contributed by atoms with Crippen molar-refractivity contribution >= 4 is 86.2 Å². The van der Waals surface area contributed by atoms with E-state index in [2.05, 4.69) is 31.3 Å². The first-order chi connectivity index (χ1) is 24.5. The first-order valence-corrected chi connectivity index (χ1v) is 18.9. The number of ether oxygens (including phenoxy) is 4. The zero-order valence-corrected chi connectivity index (χ0v) is 32.8. The lowest BCUT2D eigenvalue weighted by Gasteiger charge is -2.13. The highest BCUT2D eigenvalue weighted by atomic mass is 36.0. The highest BCUT2D eigenvalue weighted by Crippen LogP contribution is 2.38. The van der Waals surface area contributed by atoms with Gasteiger partial charge in [-0.1, -0.05) is 34.8 Å². The number of benzene rings is 2. The number of aromatic nitrogens is 4. The minimum absolute atomic E-state index is 0.130. The Morgan fingerprint density at radius 2 is 1.00 bits per heavy atom. The molecule has 0 saturated heterocycles. The van der Waals surface area contributed by atoms with E-state index in [0.717, 1.165) is 21.9 Å². The highest BCUT2D eigenvalue weighted by Gasteiger charge is 2.17. The van der Waals surface area contributed by atoms with Gasteiger partial charge < -0.3 is 28.1 Å². The van der Waals surface area contributed by atoms with Gasteiger partial charge in [-0.3, -0.25) is 9.59 Å². The maximum absolute atomic E-state index is 12.8. The molecule has 0 N–H and O–H groups in total. The minimum atomic E-state index is -3.72. The lowest BCUT2D eigenvalue weighted by atomic mass is 10.0. The zero-order chi connectivity index (χ0) is 38.5. The van der Waals surface area contributed by atoms with Gasteiger partial charge in [0.15, 0.2) is 0 Å². The van der Waals surface area contributed by atoms with Crippen molar-refractivity contribution in [3.05, 3.63) is 103 Å². The molecular formula is C34H29Cl5N4O8S. The van der Waals surface area contributed by atoms with Crippen molar-refractivity contribution in [3.63, 3.8) is 0 Å². The van der Waals surface area contributed by atoms with Crippen LogP contribution in [0.15, 0.2) is 76.6 Å². The molecule has 18 heteroatoms. The second-order valence-corrected chi connectivity index (χ2v) is 15.5. The van der Waals surface area contributed by atoms with Crippen molar-refractivity contribution in [3.8, 4) is 45.3 Å². The molecule has 4 aromatic heterocycles. The zero-order valence-electron chi connectivity index (χ0n) is 28.2. The Morgan fingerprint density at radius 3 is 1.44 bits per heavy atom. The molecule has 52 heavy (non-hydrogen) atoms. The molecule has 0 aliphatic heterocycles. The van der Waals surface area contributed by atoms with E-state index in [1.165, 1.54) is 18.8 Å². The molecule has 0 bridgehead atoms. The fraction of sp³-hybridized carbons (Fsp3) is 0.176. The van der Waals surface area contributed by atoms with E-state index >= 15 is 0 Å². The van der Waals surface area contributed by atoms with Gasteiger partial charge in [0.1, 0.15) is 33.3 Å². The molecule has 0 saturated carbocycles. The summed E-state index contributed by atoms with van der Waals surface area (Å²) in [5.41, 5.74) is 3.31. The van der Waals surface area contributed by atoms with Crippen LogP contribution in [0.25, 0.3) is 44.1 Å². The van der Waals surface area contributed by atoms with Crippen LogP contribution in [0.2, 0.25) is 15.3 Å². The normalized spacial score (nSPS) is 10.9. The maximum atomic E-state index is 12.8. The van der Waals surface area contributed by atoms with Crippen molar-refractivity contribution in [2.75, 3.05) is 28.4 Å². The van der Waals surface area contributed by atoms with Crippen LogP contribution in [0.1, 0.15) is 0 Å². The fourth-order valence-corrected chi connectivity index (χ4v) is 5.67. The van der Waals surface area contributed by atoms with Crippen LogP contribution in [-0.2, 0) is 22.4 Å². The van der Waals surface area contributed by atoms with E-state index < -0.39 is 8.26 Å². The summed E-state index contributed by atoms with van der Waals surface area (Å²) in [4.78, 5) is 33.7. The lowest BCUT2D eigenvalue weighted by Crippen LogP contribution is -2.19. The molecule has 6 aromatic rings. The van der Waals surface area contributed by atoms with Gasteiger partial charge in [-0.25, -0.2) is 9.97 Å². The molecule has 0 fully saturated rings. The summed E-state index contributed by atoms with van der Waals surface area (Å²) in [6, 6.07) is 15.6. The maximum Gasteiger partial charge on any atom is 0.317 e. The number of fused-ring (bicyclic) bond motifs is 2. The van der Waals surface area contributed by atoms with Crippen LogP contribution in [0, 0.1) is 0 Å². The van der Waals surface area contributed by atoms with Gasteiger partial charge in [0, 0.05) is 87.4 Å². The number of rotatable bonds is 6. The van der Waals surface area contributed by atoms with Gasteiger partial charge in [0.25, 0.3) is 11.1 Å². The molecule has 0 unspecified atom stereocenters. The number of aryl methyl sites for hydroxylation is 2. The van der Waals surface area contributed by atoms with Gasteiger partial charge in [0.2, 0.25) is 0 Å². The van der Waals surface area contributed by atoms with Gasteiger partial charge in [-0.2, -0.15) is 8.42 Å². The van der Waals surface area contributed by atoms with Gasteiger partial charge in [0.05, 0.1) is 44.5 Å². The number of hydrogen-bond acceptors (Lipinski definition) is 10. The van der Waals surface area contributed by atoms with Crippen molar-refractivity contribution in [2.24, 2.45) is 14.1 Å². The van der Waals surface area contributed by atoms with Gasteiger partial charge in [-0.15, -0.1) is 0 Å². The average Bonchev–Trinajstić information content (AvgIpc) is 3.11. The number of pyridine rings is 4. The predicted molar refractivity (Wildman–Crippen MR) is 207 cm³/mol. The number of hydrogen-bond donors (Lipinski definition) is 0. The summed E-state index contributed by atoms with van der Waals surface area (Å²) in [7, 11) is 14.4. The third-order valence-electron chi connectivity index (χ3n) is 7.57. The van der Waals surface area contributed by atoms with Crippen LogP contribution in [0.5, 0.6) is 23.0 Å². The summed E-state index contributed by atoms with van der Waals surface area (Å²) in [5, 5.41) is 2.62. The standard InChI is InChI=1S/C17H14Cl2N2O3.C17H15ClN2O3.Cl2O2S/c1-21-13-7-15(18)20-8-9(13)4-12(17(21)22)11-5-10(23-2)6-14(24-3)16(11)19;1-20-15-8-16(18)19-9-11(15)6-14(17(20)21)10-4-12(22-2)7-13(5-10)23-3;1-5(2,3)4/h4-8H,1-3H3;4-9H,1-3H3;. The number of halogens is 5. The summed E-state index contributed by atoms with van der Waals surface area (Å²) in [6.07, 6.45) is 3.27. The van der Waals surface area contributed by atoms with E-state index in [1.54, 1.807) is 99.9 Å². The molecule has 0 atom stereocenters. The first kappa shape index (κ1) is 40.5. The molecule has 4 heterocycles. The van der Waals surface area contributed by atoms with Crippen LogP contribution in [-0.4, -0.2) is 56.0 Å². The van der Waals surface area contributed by atoms with Crippen molar-refractivity contribution in [1.29, 1.82) is 0 Å². The molecular weight excluding hydrogens is 802 g/mol. The van der Waals surface area contributed by atoms with Gasteiger partial charge in [-0.05, 0) is 48.0 Å². The van der Waals surface area contributed by atoms with Crippen LogP contribution >= 0.6 is 56.2 Å². The largest absolute Gasteiger partial charge is 0.497 e. The topological polar surface area (TPSA) is 141 Å². The summed E-state index contributed by atoms with van der Waals surface area (Å²) in [5.74, 6) is 2.22. The van der Waals surface area contributed by atoms with E-state index in [1.807, 2.05) is 0 Å². The first-order valence-electron chi connectivity index (χ1n) is 14.6. The second-order valence-electron chi connectivity index (χ2n) is 10.6. The monoisotopic (exact) mass is 828 g/mol. The molecule has 0 amide bonds. The third kappa shape index (κ3) is 9.59. The molecule has 12 nitrogen and oxygen atoms in total. The minimum Gasteiger partial charge on any atom is -0.497 e. The van der Waals surface area contributed by atoms with Crippen molar-refractivity contribution in [1.82, 2.24) is 19.1 Å². The van der Waals surface area contributed by atoms with E-state index in [4.69, 9.17) is 62.2 Å². The number of nitrogens with zero attached hydrogens (tertiary/aromatic N) is 4. The Hall–Kier alpha value is -4.24. The van der Waals surface area contributed by atoms with E-state index in [9.17, 15) is 9.59 Å². The smallest absolute Gasteiger partial charge is 0.317 e. The summed E-state index contributed by atoms with van der Waals surface area (Å²) >= 11 is 18.3. The Kier molecular flexibility index (Phi) is 13.3. The van der Waals surface area contributed by atoms with Gasteiger partial charge >= 0.3 is 8.26 Å². The third-order valence-corrected chi connectivity index (χ3v) is 8.37. The second kappa shape index (κ2) is 17.1. The SMILES string of the molecule is COc1cc(OC)c(Cl)c(-c2cc3cnc(Cl)cc3n(C)c2=O)c1.COc1cc(OC)cc(-c2cc3cnc(Cl)cc3n(C)c2=O)c1.O=S(=O)(Cl)Cl. The molecule has 0 spiro atoms. The van der Waals surface area contributed by atoms with Crippen LogP contribution in [0.4, 0.5) is 0 Å². The van der Waals surface area contributed by atoms with Crippen molar-refractivity contribution < 1.29 is 27.4 Å². The van der Waals surface area contributed by atoms with Crippen LogP contribution in [0.3, 0.4) is 0 Å². The molecule has 2 aromatic carbocycles. The molecule has 6 rings (SSSR count). The predicted octanol–water partition coefficient (Wildman–Crippen LogP) is 7.90. The lowest BCUT2D eigenvalue weighted by molar-refractivity contribution is 0.394. The van der Waals surface area contributed by atoms with Crippen molar-refractivity contribution in [2.45, 2.75) is 0 Å². The summed E-state index contributed by atoms with van der Waals surface area (Å²) < 4.78 is 42.5. The average molecular weight is 831 g/mol. The van der Waals surface area contributed by atoms with E-state index in [0.29, 0.717) is 60.5 Å². The number of methoxy groups -OCH3 is 4. The fourth-order valence-electron chi connectivity index (χ4n) is 5.08. The Labute approximate surface area is 321 Å². The summed E-state index contributed by atoms with van der Waals surface area (Å²) in [6.45, 7) is 0. The Balaban J connectivity index is 0.000000206. The molecule has 0 aliphatic rings.